The van der Waals surface area contributed by atoms with Crippen molar-refractivity contribution >= 4 is 33.4 Å². The lowest BCUT2D eigenvalue weighted by molar-refractivity contribution is -0.119. The largest absolute Gasteiger partial charge is 0.354 e. The standard InChI is InChI=1S/C24H25FN2O3S2/c1-19-7-9-20(10-8-19)18-31-16-15-26-24(28)17-27(22-5-3-2-4-6-22)32(29,30)23-13-11-21(25)12-14-23/h2-14H,15-18H2,1H3,(H,26,28). The van der Waals surface area contributed by atoms with E-state index in [-0.39, 0.29) is 11.4 Å². The third-order valence-corrected chi connectivity index (χ3v) is 7.51. The molecule has 0 fully saturated rings. The first kappa shape index (κ1) is 23.8. The number of hydrogen-bond acceptors (Lipinski definition) is 4. The van der Waals surface area contributed by atoms with Gasteiger partial charge in [-0.3, -0.25) is 9.10 Å². The van der Waals surface area contributed by atoms with Crippen molar-refractivity contribution in [1.82, 2.24) is 5.32 Å². The molecule has 0 aliphatic rings. The van der Waals surface area contributed by atoms with E-state index in [9.17, 15) is 17.6 Å². The second kappa shape index (κ2) is 11.2. The number of nitrogens with zero attached hydrogens (tertiary/aromatic N) is 1. The summed E-state index contributed by atoms with van der Waals surface area (Å²) >= 11 is 1.69. The maximum atomic E-state index is 13.3. The lowest BCUT2D eigenvalue weighted by Crippen LogP contribution is -2.41. The molecule has 5 nitrogen and oxygen atoms in total. The molecular weight excluding hydrogens is 447 g/mol. The lowest BCUT2D eigenvalue weighted by Gasteiger charge is -2.24. The van der Waals surface area contributed by atoms with Crippen LogP contribution in [0.2, 0.25) is 0 Å². The molecule has 0 bridgehead atoms. The summed E-state index contributed by atoms with van der Waals surface area (Å²) in [6.07, 6.45) is 0. The number of anilines is 1. The number of para-hydroxylation sites is 1. The Morgan fingerprint density at radius 2 is 1.62 bits per heavy atom. The van der Waals surface area contributed by atoms with Crippen LogP contribution in [0.5, 0.6) is 0 Å². The van der Waals surface area contributed by atoms with Crippen LogP contribution >= 0.6 is 11.8 Å². The summed E-state index contributed by atoms with van der Waals surface area (Å²) in [5, 5.41) is 2.79. The van der Waals surface area contributed by atoms with Crippen molar-refractivity contribution in [1.29, 1.82) is 0 Å². The monoisotopic (exact) mass is 472 g/mol. The van der Waals surface area contributed by atoms with E-state index in [1.54, 1.807) is 42.1 Å². The third kappa shape index (κ3) is 6.58. The van der Waals surface area contributed by atoms with Gasteiger partial charge in [0, 0.05) is 18.1 Å². The molecule has 0 aromatic heterocycles. The number of nitrogens with one attached hydrogen (secondary N) is 1. The van der Waals surface area contributed by atoms with Gasteiger partial charge in [-0.2, -0.15) is 11.8 Å². The molecular formula is C24H25FN2O3S2. The van der Waals surface area contributed by atoms with Gasteiger partial charge in [-0.15, -0.1) is 0 Å². The van der Waals surface area contributed by atoms with E-state index >= 15 is 0 Å². The Morgan fingerprint density at radius 3 is 2.28 bits per heavy atom. The number of rotatable bonds is 10. The number of thioether (sulfide) groups is 1. The molecule has 0 aliphatic carbocycles. The van der Waals surface area contributed by atoms with Gasteiger partial charge in [0.25, 0.3) is 10.0 Å². The summed E-state index contributed by atoms with van der Waals surface area (Å²) in [4.78, 5) is 12.5. The SMILES string of the molecule is Cc1ccc(CSCCNC(=O)CN(c2ccccc2)S(=O)(=O)c2ccc(F)cc2)cc1. The molecule has 0 aliphatic heterocycles. The molecule has 0 saturated heterocycles. The number of halogens is 1. The van der Waals surface area contributed by atoms with Crippen molar-refractivity contribution in [3.8, 4) is 0 Å². The van der Waals surface area contributed by atoms with Gasteiger partial charge in [0.1, 0.15) is 12.4 Å². The Bertz CT molecular complexity index is 1120. The molecule has 0 unspecified atom stereocenters. The van der Waals surface area contributed by atoms with Crippen molar-refractivity contribution in [3.05, 3.63) is 95.8 Å². The minimum absolute atomic E-state index is 0.0794. The van der Waals surface area contributed by atoms with Crippen molar-refractivity contribution in [2.45, 2.75) is 17.6 Å². The number of benzene rings is 3. The van der Waals surface area contributed by atoms with Gasteiger partial charge in [-0.05, 0) is 48.9 Å². The lowest BCUT2D eigenvalue weighted by atomic mass is 10.2. The Balaban J connectivity index is 1.60. The molecule has 1 N–H and O–H groups in total. The van der Waals surface area contributed by atoms with Gasteiger partial charge in [0.15, 0.2) is 0 Å². The molecule has 3 aromatic carbocycles. The van der Waals surface area contributed by atoms with E-state index in [4.69, 9.17) is 0 Å². The number of sulfonamides is 1. The predicted molar refractivity (Wildman–Crippen MR) is 128 cm³/mol. The van der Waals surface area contributed by atoms with Crippen LogP contribution in [0.4, 0.5) is 10.1 Å². The van der Waals surface area contributed by atoms with Crippen LogP contribution in [-0.4, -0.2) is 33.2 Å². The molecule has 0 saturated carbocycles. The smallest absolute Gasteiger partial charge is 0.264 e. The van der Waals surface area contributed by atoms with Crippen molar-refractivity contribution in [3.63, 3.8) is 0 Å². The average molecular weight is 473 g/mol. The Labute approximate surface area is 192 Å². The number of carbonyl (C=O) groups is 1. The fraction of sp³-hybridized carbons (Fsp3) is 0.208. The highest BCUT2D eigenvalue weighted by Gasteiger charge is 2.27. The van der Waals surface area contributed by atoms with Gasteiger partial charge in [-0.1, -0.05) is 48.0 Å². The minimum atomic E-state index is -4.04. The zero-order valence-corrected chi connectivity index (χ0v) is 19.3. The first-order valence-corrected chi connectivity index (χ1v) is 12.7. The highest BCUT2D eigenvalue weighted by Crippen LogP contribution is 2.23. The summed E-state index contributed by atoms with van der Waals surface area (Å²) in [5.74, 6) is 0.604. The van der Waals surface area contributed by atoms with Crippen LogP contribution < -0.4 is 9.62 Å². The van der Waals surface area contributed by atoms with Crippen molar-refractivity contribution in [2.75, 3.05) is 23.1 Å². The number of hydrogen-bond donors (Lipinski definition) is 1. The molecule has 3 rings (SSSR count). The Morgan fingerprint density at radius 1 is 0.969 bits per heavy atom. The second-order valence-corrected chi connectivity index (χ2v) is 10.2. The zero-order valence-electron chi connectivity index (χ0n) is 17.7. The van der Waals surface area contributed by atoms with Crippen LogP contribution in [-0.2, 0) is 20.6 Å². The van der Waals surface area contributed by atoms with Crippen molar-refractivity contribution in [2.24, 2.45) is 0 Å². The van der Waals surface area contributed by atoms with Gasteiger partial charge < -0.3 is 5.32 Å². The fourth-order valence-electron chi connectivity index (χ4n) is 2.97. The molecule has 3 aromatic rings. The molecule has 168 valence electrons. The van der Waals surface area contributed by atoms with Crippen LogP contribution in [0.15, 0.2) is 83.8 Å². The summed E-state index contributed by atoms with van der Waals surface area (Å²) in [6, 6.07) is 21.2. The van der Waals surface area contributed by atoms with E-state index in [0.29, 0.717) is 18.0 Å². The topological polar surface area (TPSA) is 66.5 Å². The highest BCUT2D eigenvalue weighted by molar-refractivity contribution is 7.98. The maximum Gasteiger partial charge on any atom is 0.264 e. The molecule has 8 heteroatoms. The first-order valence-electron chi connectivity index (χ1n) is 10.1. The summed E-state index contributed by atoms with van der Waals surface area (Å²) < 4.78 is 40.6. The van der Waals surface area contributed by atoms with Gasteiger partial charge in [0.05, 0.1) is 10.6 Å². The Hall–Kier alpha value is -2.84. The highest BCUT2D eigenvalue weighted by atomic mass is 32.2. The van der Waals surface area contributed by atoms with Crippen LogP contribution in [0, 0.1) is 12.7 Å². The molecule has 0 spiro atoms. The Kier molecular flexibility index (Phi) is 8.30. The maximum absolute atomic E-state index is 13.3. The number of amides is 1. The van der Waals surface area contributed by atoms with Crippen LogP contribution in [0.25, 0.3) is 0 Å². The van der Waals surface area contributed by atoms with E-state index in [1.165, 1.54) is 23.3 Å². The summed E-state index contributed by atoms with van der Waals surface area (Å²) in [7, 11) is -4.04. The first-order chi connectivity index (χ1) is 15.4. The van der Waals surface area contributed by atoms with Gasteiger partial charge in [0.2, 0.25) is 5.91 Å². The minimum Gasteiger partial charge on any atom is -0.354 e. The molecule has 0 atom stereocenters. The van der Waals surface area contributed by atoms with Crippen LogP contribution in [0.3, 0.4) is 0 Å². The normalized spacial score (nSPS) is 11.2. The van der Waals surface area contributed by atoms with Crippen LogP contribution in [0.1, 0.15) is 11.1 Å². The number of carbonyl (C=O) groups excluding carboxylic acids is 1. The van der Waals surface area contributed by atoms with E-state index in [1.807, 2.05) is 6.92 Å². The third-order valence-electron chi connectivity index (χ3n) is 4.69. The fourth-order valence-corrected chi connectivity index (χ4v) is 5.21. The molecule has 1 amide bonds. The van der Waals surface area contributed by atoms with Gasteiger partial charge in [-0.25, -0.2) is 12.8 Å². The second-order valence-electron chi connectivity index (χ2n) is 7.19. The molecule has 32 heavy (non-hydrogen) atoms. The quantitative estimate of drug-likeness (QED) is 0.445. The van der Waals surface area contributed by atoms with E-state index in [0.717, 1.165) is 22.2 Å². The molecule has 0 radical (unpaired) electrons. The zero-order chi connectivity index (χ0) is 23.0. The predicted octanol–water partition coefficient (Wildman–Crippen LogP) is 4.38. The van der Waals surface area contributed by atoms with Gasteiger partial charge >= 0.3 is 0 Å². The van der Waals surface area contributed by atoms with E-state index < -0.39 is 21.7 Å². The molecule has 0 heterocycles. The van der Waals surface area contributed by atoms with E-state index in [2.05, 4.69) is 29.6 Å². The average Bonchev–Trinajstić information content (AvgIpc) is 2.79. The van der Waals surface area contributed by atoms with Crippen molar-refractivity contribution < 1.29 is 17.6 Å². The number of aryl methyl sites for hydroxylation is 1. The summed E-state index contributed by atoms with van der Waals surface area (Å²) in [6.45, 7) is 2.10. The summed E-state index contributed by atoms with van der Waals surface area (Å²) in [5.41, 5.74) is 2.79.